The van der Waals surface area contributed by atoms with Crippen molar-refractivity contribution in [3.63, 3.8) is 0 Å². The third-order valence-corrected chi connectivity index (χ3v) is 5.73. The van der Waals surface area contributed by atoms with Crippen LogP contribution in [-0.4, -0.2) is 49.3 Å². The molecule has 1 aliphatic heterocycles. The first-order valence-corrected chi connectivity index (χ1v) is 10.6. The van der Waals surface area contributed by atoms with Crippen molar-refractivity contribution in [1.29, 1.82) is 0 Å². The van der Waals surface area contributed by atoms with Gasteiger partial charge in [-0.25, -0.2) is 0 Å². The molecule has 0 aromatic heterocycles. The summed E-state index contributed by atoms with van der Waals surface area (Å²) < 4.78 is 11.8. The molecule has 1 aliphatic carbocycles. The quantitative estimate of drug-likeness (QED) is 0.692. The van der Waals surface area contributed by atoms with Crippen LogP contribution < -0.4 is 10.1 Å². The van der Waals surface area contributed by atoms with Crippen LogP contribution in [-0.2, 0) is 9.53 Å². The van der Waals surface area contributed by atoms with E-state index in [1.54, 1.807) is 0 Å². The summed E-state index contributed by atoms with van der Waals surface area (Å²) in [6.07, 6.45) is 8.70. The van der Waals surface area contributed by atoms with Crippen molar-refractivity contribution in [3.05, 3.63) is 24.3 Å². The maximum Gasteiger partial charge on any atom is 0.256 e. The maximum atomic E-state index is 13.0. The monoisotopic (exact) mass is 374 g/mol. The van der Waals surface area contributed by atoms with Crippen molar-refractivity contribution in [2.45, 2.75) is 63.9 Å². The Bertz CT molecular complexity index is 574. The second-order valence-corrected chi connectivity index (χ2v) is 7.72. The largest absolute Gasteiger partial charge is 0.492 e. The molecule has 2 fully saturated rings. The van der Waals surface area contributed by atoms with Gasteiger partial charge in [0.15, 0.2) is 0 Å². The summed E-state index contributed by atoms with van der Waals surface area (Å²) in [6, 6.07) is 7.69. The lowest BCUT2D eigenvalue weighted by Crippen LogP contribution is -2.45. The number of nitrogens with zero attached hydrogens (tertiary/aromatic N) is 1. The molecule has 0 bridgehead atoms. The van der Waals surface area contributed by atoms with E-state index in [0.29, 0.717) is 13.2 Å². The average Bonchev–Trinajstić information content (AvgIpc) is 3.08. The van der Waals surface area contributed by atoms with Gasteiger partial charge in [0.1, 0.15) is 18.0 Å². The first kappa shape index (κ1) is 20.2. The van der Waals surface area contributed by atoms with E-state index in [4.69, 9.17) is 9.47 Å². The Morgan fingerprint density at radius 3 is 2.33 bits per heavy atom. The number of ether oxygens (including phenoxy) is 2. The van der Waals surface area contributed by atoms with Crippen LogP contribution in [0, 0.1) is 0 Å². The molecule has 3 rings (SSSR count). The minimum Gasteiger partial charge on any atom is -0.492 e. The van der Waals surface area contributed by atoms with E-state index in [1.807, 2.05) is 31.2 Å². The number of benzene rings is 1. The van der Waals surface area contributed by atoms with E-state index >= 15 is 0 Å². The van der Waals surface area contributed by atoms with Crippen LogP contribution in [0.2, 0.25) is 0 Å². The van der Waals surface area contributed by atoms with Crippen LogP contribution in [0.4, 0.5) is 5.69 Å². The van der Waals surface area contributed by atoms with E-state index in [-0.39, 0.29) is 5.91 Å². The van der Waals surface area contributed by atoms with Crippen LogP contribution >= 0.6 is 0 Å². The third kappa shape index (κ3) is 5.69. The fourth-order valence-electron chi connectivity index (χ4n) is 4.19. The van der Waals surface area contributed by atoms with Crippen molar-refractivity contribution in [3.8, 4) is 5.75 Å². The smallest absolute Gasteiger partial charge is 0.256 e. The van der Waals surface area contributed by atoms with Gasteiger partial charge >= 0.3 is 0 Å². The van der Waals surface area contributed by atoms with Crippen LogP contribution in [0.15, 0.2) is 24.3 Å². The first-order chi connectivity index (χ1) is 13.2. The lowest BCUT2D eigenvalue weighted by Gasteiger charge is -2.31. The number of likely N-dealkylation sites (tertiary alicyclic amines) is 1. The fraction of sp³-hybridized carbons (Fsp3) is 0.682. The Morgan fingerprint density at radius 2 is 1.70 bits per heavy atom. The highest BCUT2D eigenvalue weighted by molar-refractivity contribution is 5.97. The Labute approximate surface area is 163 Å². The van der Waals surface area contributed by atoms with Crippen molar-refractivity contribution in [2.24, 2.45) is 0 Å². The number of hydrogen-bond donors (Lipinski definition) is 1. The molecule has 1 aromatic carbocycles. The molecule has 0 unspecified atom stereocenters. The predicted molar refractivity (Wildman–Crippen MR) is 108 cm³/mol. The second-order valence-electron chi connectivity index (χ2n) is 7.72. The molecule has 5 nitrogen and oxygen atoms in total. The zero-order chi connectivity index (χ0) is 19.0. The first-order valence-electron chi connectivity index (χ1n) is 10.6. The van der Waals surface area contributed by atoms with Gasteiger partial charge in [0, 0.05) is 18.8 Å². The highest BCUT2D eigenvalue weighted by Crippen LogP contribution is 2.32. The summed E-state index contributed by atoms with van der Waals surface area (Å²) in [5.74, 6) is 0.843. The van der Waals surface area contributed by atoms with Crippen molar-refractivity contribution in [1.82, 2.24) is 4.90 Å². The zero-order valence-electron chi connectivity index (χ0n) is 16.7. The van der Waals surface area contributed by atoms with Gasteiger partial charge in [-0.3, -0.25) is 9.69 Å². The molecule has 1 heterocycles. The number of rotatable bonds is 8. The predicted octanol–water partition coefficient (Wildman–Crippen LogP) is 4.23. The van der Waals surface area contributed by atoms with E-state index < -0.39 is 5.60 Å². The molecule has 2 aliphatic rings. The number of carbonyl (C=O) groups excluding carboxylic acids is 1. The molecule has 150 valence electrons. The molecule has 1 aromatic rings. The lowest BCUT2D eigenvalue weighted by atomic mass is 9.93. The standard InChI is InChI=1S/C22H34N2O3/c1-2-27-22(13-5-3-4-6-14-22)21(25)23-19-9-11-20(12-10-19)26-18-17-24-15-7-8-16-24/h9-12H,2-8,13-18H2,1H3,(H,23,25). The number of anilines is 1. The summed E-state index contributed by atoms with van der Waals surface area (Å²) in [7, 11) is 0. The number of carbonyl (C=O) groups is 1. The highest BCUT2D eigenvalue weighted by atomic mass is 16.5. The van der Waals surface area contributed by atoms with Crippen LogP contribution in [0.25, 0.3) is 0 Å². The zero-order valence-corrected chi connectivity index (χ0v) is 16.7. The highest BCUT2D eigenvalue weighted by Gasteiger charge is 2.39. The van der Waals surface area contributed by atoms with Crippen molar-refractivity contribution in [2.75, 3.05) is 38.2 Å². The van der Waals surface area contributed by atoms with Gasteiger partial charge in [-0.15, -0.1) is 0 Å². The average molecular weight is 375 g/mol. The Kier molecular flexibility index (Phi) is 7.53. The minimum atomic E-state index is -0.670. The summed E-state index contributed by atoms with van der Waals surface area (Å²) in [4.78, 5) is 15.4. The number of hydrogen-bond acceptors (Lipinski definition) is 4. The summed E-state index contributed by atoms with van der Waals surface area (Å²) in [5, 5.41) is 3.07. The van der Waals surface area contributed by atoms with Gasteiger partial charge in [0.2, 0.25) is 0 Å². The van der Waals surface area contributed by atoms with Crippen LogP contribution in [0.1, 0.15) is 58.3 Å². The SMILES string of the molecule is CCOC1(C(=O)Nc2ccc(OCCN3CCCC3)cc2)CCCCCC1. The molecule has 5 heteroatoms. The van der Waals surface area contributed by atoms with Gasteiger partial charge in [-0.2, -0.15) is 0 Å². The van der Waals surface area contributed by atoms with Gasteiger partial charge in [0.25, 0.3) is 5.91 Å². The molecular weight excluding hydrogens is 340 g/mol. The topological polar surface area (TPSA) is 50.8 Å². The van der Waals surface area contributed by atoms with Crippen LogP contribution in [0.3, 0.4) is 0 Å². The van der Waals surface area contributed by atoms with Crippen molar-refractivity contribution >= 4 is 11.6 Å². The number of nitrogens with one attached hydrogen (secondary N) is 1. The minimum absolute atomic E-state index is 0.00560. The van der Waals surface area contributed by atoms with Gasteiger partial charge in [0.05, 0.1) is 0 Å². The van der Waals surface area contributed by atoms with E-state index in [0.717, 1.165) is 43.7 Å². The second kappa shape index (κ2) is 10.1. The molecule has 1 saturated carbocycles. The van der Waals surface area contributed by atoms with E-state index in [9.17, 15) is 4.79 Å². The Hall–Kier alpha value is -1.59. The molecule has 0 atom stereocenters. The summed E-state index contributed by atoms with van der Waals surface area (Å²) in [6.45, 7) is 6.60. The Balaban J connectivity index is 1.52. The third-order valence-electron chi connectivity index (χ3n) is 5.73. The molecule has 0 radical (unpaired) electrons. The molecule has 1 N–H and O–H groups in total. The lowest BCUT2D eigenvalue weighted by molar-refractivity contribution is -0.143. The van der Waals surface area contributed by atoms with E-state index in [2.05, 4.69) is 10.2 Å². The van der Waals surface area contributed by atoms with Crippen LogP contribution in [0.5, 0.6) is 5.75 Å². The van der Waals surface area contributed by atoms with E-state index in [1.165, 1.54) is 38.8 Å². The fourth-order valence-corrected chi connectivity index (χ4v) is 4.19. The normalized spacial score (nSPS) is 20.2. The summed E-state index contributed by atoms with van der Waals surface area (Å²) >= 11 is 0. The molecule has 0 spiro atoms. The molecule has 1 saturated heterocycles. The van der Waals surface area contributed by atoms with Gasteiger partial charge < -0.3 is 14.8 Å². The molecule has 1 amide bonds. The number of amides is 1. The molecule has 27 heavy (non-hydrogen) atoms. The summed E-state index contributed by atoms with van der Waals surface area (Å²) in [5.41, 5.74) is 0.131. The Morgan fingerprint density at radius 1 is 1.04 bits per heavy atom. The van der Waals surface area contributed by atoms with Crippen molar-refractivity contribution < 1.29 is 14.3 Å². The van der Waals surface area contributed by atoms with Gasteiger partial charge in [-0.05, 0) is 70.0 Å². The van der Waals surface area contributed by atoms with Gasteiger partial charge in [-0.1, -0.05) is 25.7 Å². The molecular formula is C22H34N2O3. The maximum absolute atomic E-state index is 13.0.